The number of nitrogens with one attached hydrogen (secondary N) is 6. The first-order valence-corrected chi connectivity index (χ1v) is 23.7. The lowest BCUT2D eigenvalue weighted by Crippen LogP contribution is -2.42. The first-order valence-electron chi connectivity index (χ1n) is 22.9. The molecule has 8 rings (SSSR count). The van der Waals surface area contributed by atoms with Gasteiger partial charge in [0.25, 0.3) is 11.8 Å². The van der Waals surface area contributed by atoms with E-state index in [0.717, 1.165) is 65.2 Å². The van der Waals surface area contributed by atoms with Crippen molar-refractivity contribution in [2.45, 2.75) is 115 Å². The number of rotatable bonds is 17. The molecule has 2 saturated carbocycles. The van der Waals surface area contributed by atoms with Crippen molar-refractivity contribution in [3.63, 3.8) is 0 Å². The molecule has 3 atom stereocenters. The average Bonchev–Trinajstić information content (AvgIpc) is 3.88. The number of hydrogen-bond acceptors (Lipinski definition) is 14. The Hall–Kier alpha value is -5.75. The molecule has 4 heterocycles. The fourth-order valence-corrected chi connectivity index (χ4v) is 8.18. The summed E-state index contributed by atoms with van der Waals surface area (Å²) in [5.41, 5.74) is 12.6. The summed E-state index contributed by atoms with van der Waals surface area (Å²) >= 11 is 1.56. The van der Waals surface area contributed by atoms with Crippen LogP contribution < -0.4 is 37.6 Å². The number of carbonyl (C=O) groups excluding carboxylic acids is 2. The van der Waals surface area contributed by atoms with Crippen molar-refractivity contribution in [1.82, 2.24) is 25.6 Å². The van der Waals surface area contributed by atoms with Gasteiger partial charge in [0.1, 0.15) is 17.8 Å². The van der Waals surface area contributed by atoms with Crippen molar-refractivity contribution in [1.29, 1.82) is 0 Å². The molecule has 0 spiro atoms. The monoisotopic (exact) mass is 921 g/mol. The lowest BCUT2D eigenvalue weighted by Gasteiger charge is -2.29. The zero-order chi connectivity index (χ0) is 47.2. The van der Waals surface area contributed by atoms with Gasteiger partial charge in [-0.1, -0.05) is 13.8 Å². The molecule has 2 aromatic carbocycles. The first-order chi connectivity index (χ1) is 31.4. The minimum atomic E-state index is -1.57. The van der Waals surface area contributed by atoms with Crippen LogP contribution in [0.2, 0.25) is 0 Å². The van der Waals surface area contributed by atoms with Gasteiger partial charge in [0.2, 0.25) is 0 Å². The van der Waals surface area contributed by atoms with Gasteiger partial charge in [-0.25, -0.2) is 19.3 Å². The number of fused-ring (bicyclic) bond motifs is 2. The number of halogens is 1. The van der Waals surface area contributed by atoms with Crippen LogP contribution in [0.3, 0.4) is 0 Å². The lowest BCUT2D eigenvalue weighted by atomic mass is 9.91. The second-order valence-electron chi connectivity index (χ2n) is 19.0. The van der Waals surface area contributed by atoms with E-state index in [0.29, 0.717) is 40.9 Å². The zero-order valence-corrected chi connectivity index (χ0v) is 39.4. The number of aliphatic hydroxyl groups is 2. The van der Waals surface area contributed by atoms with Gasteiger partial charge in [-0.15, -0.1) is 11.3 Å². The van der Waals surface area contributed by atoms with Gasteiger partial charge in [-0.2, -0.15) is 0 Å². The standard InChI is InChI=1S/C27H38N6O2.C22H26FN5O2S/c1-16-13-29-23-10-9-20(11-21(16)23)33-25-12-24(32-19-7-5-18(28)6-8-19)22(15-30-25)26(34)31-14-17(2)27(3,4)35;1-22(2,30)19(23)11-26-21(29)15-10-25-20(8-17(15)24-9-13-3-4-13)28-14-5-6-16-18(7-14)31-12-27-16/h9-13,15-19,35H,5-8,14,28H2,1-4H3,(H,31,34)(H2,30,32,33);5-8,10,12-13,19,30H,3-4,9,11H2,1-2H3,(H,26,29)(H2,24,25,28)/t16?,17-,18?,19?;19-/m11/s1. The number of carbonyl (C=O) groups is 2. The van der Waals surface area contributed by atoms with Gasteiger partial charge < -0.3 is 47.8 Å². The molecule has 0 saturated heterocycles. The summed E-state index contributed by atoms with van der Waals surface area (Å²) < 4.78 is 15.1. The zero-order valence-electron chi connectivity index (χ0n) is 38.6. The second-order valence-corrected chi connectivity index (χ2v) is 19.9. The first kappa shape index (κ1) is 48.2. The van der Waals surface area contributed by atoms with Gasteiger partial charge in [0, 0.05) is 79.1 Å². The molecule has 2 aliphatic carbocycles. The highest BCUT2D eigenvalue weighted by Crippen LogP contribution is 2.35. The normalized spacial score (nSPS) is 18.9. The predicted molar refractivity (Wildman–Crippen MR) is 264 cm³/mol. The highest BCUT2D eigenvalue weighted by molar-refractivity contribution is 7.16. The Bertz CT molecular complexity index is 2510. The molecular weight excluding hydrogens is 858 g/mol. The van der Waals surface area contributed by atoms with Crippen LogP contribution in [0.15, 0.2) is 71.4 Å². The number of aromatic nitrogens is 3. The Labute approximate surface area is 390 Å². The van der Waals surface area contributed by atoms with E-state index in [1.165, 1.54) is 38.4 Å². The third kappa shape index (κ3) is 13.0. The Morgan fingerprint density at radius 3 is 2.09 bits per heavy atom. The summed E-state index contributed by atoms with van der Waals surface area (Å²) in [6.45, 7) is 11.1. The molecule has 3 aliphatic rings. The molecular formula is C49H64FN11O4S. The molecule has 2 fully saturated rings. The lowest BCUT2D eigenvalue weighted by molar-refractivity contribution is -0.00178. The molecule has 0 radical (unpaired) electrons. The average molecular weight is 922 g/mol. The predicted octanol–water partition coefficient (Wildman–Crippen LogP) is 8.56. The number of hydrogen-bond donors (Lipinski definition) is 9. The van der Waals surface area contributed by atoms with Crippen LogP contribution in [0, 0.1) is 11.8 Å². The third-order valence-corrected chi connectivity index (χ3v) is 13.3. The van der Waals surface area contributed by atoms with Crippen LogP contribution in [-0.4, -0.2) is 92.3 Å². The van der Waals surface area contributed by atoms with Gasteiger partial charge in [0.05, 0.1) is 61.7 Å². The molecule has 10 N–H and O–H groups in total. The summed E-state index contributed by atoms with van der Waals surface area (Å²) in [4.78, 5) is 43.4. The van der Waals surface area contributed by atoms with Crippen molar-refractivity contribution in [3.05, 3.63) is 83.1 Å². The van der Waals surface area contributed by atoms with Gasteiger partial charge in [-0.05, 0) is 114 Å². The Morgan fingerprint density at radius 2 is 1.44 bits per heavy atom. The molecule has 1 unspecified atom stereocenters. The minimum Gasteiger partial charge on any atom is -0.390 e. The van der Waals surface area contributed by atoms with Crippen molar-refractivity contribution in [2.75, 3.05) is 40.9 Å². The van der Waals surface area contributed by atoms with Gasteiger partial charge in [0.15, 0.2) is 0 Å². The Kier molecular flexibility index (Phi) is 15.2. The van der Waals surface area contributed by atoms with E-state index >= 15 is 0 Å². The Morgan fingerprint density at radius 1 is 0.818 bits per heavy atom. The summed E-state index contributed by atoms with van der Waals surface area (Å²) in [6, 6.07) is 16.2. The maximum absolute atomic E-state index is 14.0. The van der Waals surface area contributed by atoms with Crippen molar-refractivity contribution >= 4 is 79.7 Å². The SMILES string of the molecule is CC(C)(O)[C@H](F)CNC(=O)c1cnc(Nc2ccc3ncsc3c2)cc1NCC1CC1.CC1C=Nc2ccc(Nc3cc(NC4CCC(N)CC4)c(C(=O)NC[C@@H](C)C(C)(C)O)cn3)cc21. The summed E-state index contributed by atoms with van der Waals surface area (Å²) in [5.74, 6) is 1.41. The number of thiazole rings is 1. The van der Waals surface area contributed by atoms with Crippen LogP contribution in [0.1, 0.15) is 112 Å². The summed E-state index contributed by atoms with van der Waals surface area (Å²) in [5, 5.41) is 39.0. The van der Waals surface area contributed by atoms with E-state index in [1.54, 1.807) is 43.0 Å². The molecule has 2 amide bonds. The van der Waals surface area contributed by atoms with E-state index in [-0.39, 0.29) is 36.4 Å². The number of pyridine rings is 2. The molecule has 0 bridgehead atoms. The largest absolute Gasteiger partial charge is 0.390 e. The number of anilines is 6. The molecule has 3 aromatic heterocycles. The molecule has 66 heavy (non-hydrogen) atoms. The highest BCUT2D eigenvalue weighted by atomic mass is 32.1. The molecule has 17 heteroatoms. The smallest absolute Gasteiger partial charge is 0.255 e. The highest BCUT2D eigenvalue weighted by Gasteiger charge is 2.29. The number of nitrogens with two attached hydrogens (primary N) is 1. The van der Waals surface area contributed by atoms with Crippen molar-refractivity contribution < 1.29 is 24.2 Å². The van der Waals surface area contributed by atoms with Crippen LogP contribution in [0.4, 0.5) is 44.5 Å². The number of alkyl halides is 1. The molecule has 5 aromatic rings. The van der Waals surface area contributed by atoms with E-state index in [2.05, 4.69) is 64.8 Å². The van der Waals surface area contributed by atoms with E-state index < -0.39 is 23.3 Å². The van der Waals surface area contributed by atoms with Crippen LogP contribution >= 0.6 is 11.3 Å². The maximum Gasteiger partial charge on any atom is 0.255 e. The van der Waals surface area contributed by atoms with Crippen LogP contribution in [0.25, 0.3) is 10.2 Å². The van der Waals surface area contributed by atoms with Crippen molar-refractivity contribution in [3.8, 4) is 0 Å². The van der Waals surface area contributed by atoms with Crippen LogP contribution in [0.5, 0.6) is 0 Å². The fourth-order valence-electron chi connectivity index (χ4n) is 7.47. The molecule has 352 valence electrons. The van der Waals surface area contributed by atoms with Crippen LogP contribution in [-0.2, 0) is 0 Å². The minimum absolute atomic E-state index is 0.0947. The molecule has 1 aliphatic heterocycles. The summed E-state index contributed by atoms with van der Waals surface area (Å²) in [7, 11) is 0. The number of nitrogens with zero attached hydrogens (tertiary/aromatic N) is 4. The number of amides is 2. The van der Waals surface area contributed by atoms with E-state index in [4.69, 9.17) is 5.73 Å². The summed E-state index contributed by atoms with van der Waals surface area (Å²) in [6.07, 6.45) is 9.69. The number of aliphatic imine (C=N–C) groups is 1. The van der Waals surface area contributed by atoms with E-state index in [9.17, 15) is 24.2 Å². The topological polar surface area (TPSA) is 224 Å². The van der Waals surface area contributed by atoms with Crippen molar-refractivity contribution in [2.24, 2.45) is 22.6 Å². The van der Waals surface area contributed by atoms with E-state index in [1.807, 2.05) is 49.5 Å². The number of benzene rings is 2. The Balaban J connectivity index is 0.000000198. The van der Waals surface area contributed by atoms with Gasteiger partial charge in [-0.3, -0.25) is 14.6 Å². The maximum atomic E-state index is 14.0. The molecule has 15 nitrogen and oxygen atoms in total. The second kappa shape index (κ2) is 20.8. The fraction of sp³-hybridized carbons (Fsp3) is 0.469. The van der Waals surface area contributed by atoms with Gasteiger partial charge >= 0.3 is 0 Å². The quantitative estimate of drug-likeness (QED) is 0.0428. The third-order valence-electron chi connectivity index (χ3n) is 12.5.